The van der Waals surface area contributed by atoms with Crippen LogP contribution in [0.15, 0.2) is 12.1 Å². The Labute approximate surface area is 108 Å². The fraction of sp³-hybridized carbons (Fsp3) is 0.333. The fourth-order valence-electron chi connectivity index (χ4n) is 1.48. The van der Waals surface area contributed by atoms with Crippen molar-refractivity contribution >= 4 is 17.6 Å². The summed E-state index contributed by atoms with van der Waals surface area (Å²) in [7, 11) is 1.18. The molecule has 0 aliphatic rings. The van der Waals surface area contributed by atoms with Gasteiger partial charge in [0.1, 0.15) is 17.7 Å². The number of carbonyl (C=O) groups is 2. The zero-order valence-electron chi connectivity index (χ0n) is 10.4. The predicted molar refractivity (Wildman–Crippen MR) is 63.0 cm³/mol. The number of rotatable bonds is 5. The highest BCUT2D eigenvalue weighted by Crippen LogP contribution is 2.21. The summed E-state index contributed by atoms with van der Waals surface area (Å²) in [6.07, 6.45) is 0.298. The van der Waals surface area contributed by atoms with Gasteiger partial charge < -0.3 is 15.2 Å². The summed E-state index contributed by atoms with van der Waals surface area (Å²) < 4.78 is 31.2. The lowest BCUT2D eigenvalue weighted by Crippen LogP contribution is -2.30. The van der Waals surface area contributed by atoms with Gasteiger partial charge in [-0.25, -0.2) is 18.4 Å². The molecule has 0 bridgehead atoms. The van der Waals surface area contributed by atoms with Crippen molar-refractivity contribution < 1.29 is 28.2 Å². The first-order valence-electron chi connectivity index (χ1n) is 5.47. The smallest absolute Gasteiger partial charge is 0.338 e. The molecule has 1 atom stereocenters. The maximum Gasteiger partial charge on any atom is 0.338 e. The van der Waals surface area contributed by atoms with Crippen LogP contribution in [0.25, 0.3) is 0 Å². The predicted octanol–water partition coefficient (Wildman–Crippen LogP) is 2.03. The van der Waals surface area contributed by atoms with Crippen LogP contribution in [0.5, 0.6) is 0 Å². The number of anilines is 1. The largest absolute Gasteiger partial charge is 0.478 e. The van der Waals surface area contributed by atoms with Crippen molar-refractivity contribution in [3.63, 3.8) is 0 Å². The Morgan fingerprint density at radius 1 is 1.37 bits per heavy atom. The monoisotopic (exact) mass is 273 g/mol. The minimum absolute atomic E-state index is 0.268. The molecule has 0 spiro atoms. The second kappa shape index (κ2) is 6.12. The van der Waals surface area contributed by atoms with Crippen molar-refractivity contribution in [2.24, 2.45) is 0 Å². The van der Waals surface area contributed by atoms with Crippen LogP contribution in [0.2, 0.25) is 0 Å². The number of aromatic carboxylic acids is 1. The number of esters is 1. The van der Waals surface area contributed by atoms with Gasteiger partial charge in [-0.1, -0.05) is 6.92 Å². The third kappa shape index (κ3) is 3.40. The normalized spacial score (nSPS) is 11.8. The molecule has 104 valence electrons. The Bertz CT molecular complexity index is 505. The van der Waals surface area contributed by atoms with E-state index in [2.05, 4.69) is 10.1 Å². The number of hydrogen-bond donors (Lipinski definition) is 2. The number of hydrogen-bond acceptors (Lipinski definition) is 4. The van der Waals surface area contributed by atoms with E-state index in [0.29, 0.717) is 12.5 Å². The molecule has 1 aromatic carbocycles. The lowest BCUT2D eigenvalue weighted by molar-refractivity contribution is -0.141. The summed E-state index contributed by atoms with van der Waals surface area (Å²) in [5.41, 5.74) is -0.945. The highest BCUT2D eigenvalue weighted by molar-refractivity contribution is 5.89. The van der Waals surface area contributed by atoms with Gasteiger partial charge in [-0.3, -0.25) is 0 Å². The van der Waals surface area contributed by atoms with E-state index in [4.69, 9.17) is 5.11 Å². The van der Waals surface area contributed by atoms with Gasteiger partial charge in [-0.2, -0.15) is 0 Å². The van der Waals surface area contributed by atoms with Gasteiger partial charge in [0.2, 0.25) is 0 Å². The summed E-state index contributed by atoms with van der Waals surface area (Å²) in [5, 5.41) is 11.2. The molecular weight excluding hydrogens is 260 g/mol. The molecule has 1 unspecified atom stereocenters. The van der Waals surface area contributed by atoms with E-state index < -0.39 is 35.2 Å². The average Bonchev–Trinajstić information content (AvgIpc) is 2.36. The van der Waals surface area contributed by atoms with Crippen molar-refractivity contribution in [2.45, 2.75) is 19.4 Å². The Balaban J connectivity index is 3.10. The van der Waals surface area contributed by atoms with Crippen LogP contribution in [0.3, 0.4) is 0 Å². The number of carboxylic acids is 1. The highest BCUT2D eigenvalue weighted by Gasteiger charge is 2.21. The van der Waals surface area contributed by atoms with Crippen LogP contribution in [-0.4, -0.2) is 30.2 Å². The molecule has 0 aliphatic carbocycles. The second-order valence-electron chi connectivity index (χ2n) is 3.75. The molecule has 0 amide bonds. The van der Waals surface area contributed by atoms with Crippen LogP contribution < -0.4 is 5.32 Å². The van der Waals surface area contributed by atoms with Crippen LogP contribution >= 0.6 is 0 Å². The maximum absolute atomic E-state index is 13.5. The number of nitrogens with one attached hydrogen (secondary N) is 1. The number of benzene rings is 1. The van der Waals surface area contributed by atoms with E-state index in [0.717, 1.165) is 6.07 Å². The molecule has 0 heterocycles. The lowest BCUT2D eigenvalue weighted by atomic mass is 10.1. The van der Waals surface area contributed by atoms with Gasteiger partial charge in [-0.05, 0) is 12.5 Å². The maximum atomic E-state index is 13.5. The first-order chi connectivity index (χ1) is 8.90. The molecule has 0 aromatic heterocycles. The lowest BCUT2D eigenvalue weighted by Gasteiger charge is -2.16. The standard InChI is InChI=1S/C12H13F2NO4/c1-3-9(12(18)19-2)15-10-4-6(11(16)17)7(13)5-8(10)14/h4-5,9,15H,3H2,1-2H3,(H,16,17). The molecule has 0 saturated carbocycles. The third-order valence-corrected chi connectivity index (χ3v) is 2.51. The van der Waals surface area contributed by atoms with E-state index in [1.54, 1.807) is 6.92 Å². The number of carboxylic acid groups (broad SMARTS) is 1. The quantitative estimate of drug-likeness (QED) is 0.803. The van der Waals surface area contributed by atoms with Gasteiger partial charge in [-0.15, -0.1) is 0 Å². The fourth-order valence-corrected chi connectivity index (χ4v) is 1.48. The molecule has 0 saturated heterocycles. The van der Waals surface area contributed by atoms with Crippen molar-refractivity contribution in [3.8, 4) is 0 Å². The van der Waals surface area contributed by atoms with E-state index in [9.17, 15) is 18.4 Å². The van der Waals surface area contributed by atoms with Crippen LogP contribution in [0.4, 0.5) is 14.5 Å². The summed E-state index contributed by atoms with van der Waals surface area (Å²) in [4.78, 5) is 22.1. The SMILES string of the molecule is CCC(Nc1cc(C(=O)O)c(F)cc1F)C(=O)OC. The highest BCUT2D eigenvalue weighted by atomic mass is 19.1. The van der Waals surface area contributed by atoms with Crippen LogP contribution in [0, 0.1) is 11.6 Å². The third-order valence-electron chi connectivity index (χ3n) is 2.51. The van der Waals surface area contributed by atoms with Gasteiger partial charge in [0, 0.05) is 6.07 Å². The van der Waals surface area contributed by atoms with Gasteiger partial charge in [0.05, 0.1) is 18.4 Å². The molecular formula is C12H13F2NO4. The topological polar surface area (TPSA) is 75.6 Å². The Morgan fingerprint density at radius 2 is 2.00 bits per heavy atom. The Hall–Kier alpha value is -2.18. The number of carbonyl (C=O) groups excluding carboxylic acids is 1. The molecule has 1 aromatic rings. The molecule has 0 radical (unpaired) electrons. The molecule has 19 heavy (non-hydrogen) atoms. The molecule has 7 heteroatoms. The van der Waals surface area contributed by atoms with E-state index >= 15 is 0 Å². The summed E-state index contributed by atoms with van der Waals surface area (Å²) in [6, 6.07) is 0.417. The van der Waals surface area contributed by atoms with E-state index in [-0.39, 0.29) is 5.69 Å². The van der Waals surface area contributed by atoms with Gasteiger partial charge in [0.15, 0.2) is 0 Å². The molecule has 5 nitrogen and oxygen atoms in total. The van der Waals surface area contributed by atoms with Gasteiger partial charge >= 0.3 is 11.9 Å². The van der Waals surface area contributed by atoms with Crippen molar-refractivity contribution in [1.82, 2.24) is 0 Å². The van der Waals surface area contributed by atoms with Crippen molar-refractivity contribution in [1.29, 1.82) is 0 Å². The van der Waals surface area contributed by atoms with Crippen LogP contribution in [0.1, 0.15) is 23.7 Å². The summed E-state index contributed by atoms with van der Waals surface area (Å²) >= 11 is 0. The summed E-state index contributed by atoms with van der Waals surface area (Å²) in [5.74, 6) is -4.30. The Kier molecular flexibility index (Phi) is 4.80. The molecule has 2 N–H and O–H groups in total. The molecule has 0 fully saturated rings. The average molecular weight is 273 g/mol. The minimum atomic E-state index is -1.52. The van der Waals surface area contributed by atoms with Crippen LogP contribution in [-0.2, 0) is 9.53 Å². The summed E-state index contributed by atoms with van der Waals surface area (Å²) in [6.45, 7) is 1.66. The Morgan fingerprint density at radius 3 is 2.47 bits per heavy atom. The van der Waals surface area contributed by atoms with Gasteiger partial charge in [0.25, 0.3) is 0 Å². The second-order valence-corrected chi connectivity index (χ2v) is 3.75. The molecule has 0 aliphatic heterocycles. The zero-order valence-corrected chi connectivity index (χ0v) is 10.4. The van der Waals surface area contributed by atoms with E-state index in [1.807, 2.05) is 0 Å². The minimum Gasteiger partial charge on any atom is -0.478 e. The number of methoxy groups -OCH3 is 1. The number of halogens is 2. The first-order valence-corrected chi connectivity index (χ1v) is 5.47. The van der Waals surface area contributed by atoms with Crippen molar-refractivity contribution in [3.05, 3.63) is 29.3 Å². The van der Waals surface area contributed by atoms with Crippen molar-refractivity contribution in [2.75, 3.05) is 12.4 Å². The first kappa shape index (κ1) is 14.9. The molecule has 1 rings (SSSR count). The zero-order chi connectivity index (χ0) is 14.6. The number of ether oxygens (including phenoxy) is 1. The van der Waals surface area contributed by atoms with E-state index in [1.165, 1.54) is 7.11 Å².